The van der Waals surface area contributed by atoms with Gasteiger partial charge in [-0.2, -0.15) is 13.2 Å². The zero-order valence-electron chi connectivity index (χ0n) is 10.9. The Morgan fingerprint density at radius 3 is 2.57 bits per heavy atom. The number of alkyl halides is 3. The zero-order valence-corrected chi connectivity index (χ0v) is 10.9. The summed E-state index contributed by atoms with van der Waals surface area (Å²) in [6.45, 7) is -0.493. The number of methoxy groups -OCH3 is 1. The maximum absolute atomic E-state index is 13.0. The number of carbonyl (C=O) groups excluding carboxylic acids is 1. The molecule has 2 aromatic rings. The van der Waals surface area contributed by atoms with E-state index in [1.165, 1.54) is 18.2 Å². The first-order valence-corrected chi connectivity index (χ1v) is 5.81. The fourth-order valence-corrected chi connectivity index (χ4v) is 1.99. The van der Waals surface area contributed by atoms with Crippen molar-refractivity contribution < 1.29 is 22.7 Å². The van der Waals surface area contributed by atoms with Crippen LogP contribution in [0, 0.1) is 0 Å². The number of nitrogen functional groups attached to an aromatic ring is 1. The van der Waals surface area contributed by atoms with Gasteiger partial charge in [-0.25, -0.2) is 0 Å². The Bertz CT molecular complexity index is 766. The second-order valence-electron chi connectivity index (χ2n) is 4.33. The lowest BCUT2D eigenvalue weighted by Gasteiger charge is -2.15. The summed E-state index contributed by atoms with van der Waals surface area (Å²) in [6, 6.07) is 4.14. The SMILES string of the molecule is COC(=O)Cn1c(=O)cc(C(F)(F)F)c2ccc(N)cc21. The molecule has 1 aromatic carbocycles. The number of carbonyl (C=O) groups is 1. The maximum atomic E-state index is 13.0. The van der Waals surface area contributed by atoms with Crippen molar-refractivity contribution in [2.45, 2.75) is 12.7 Å². The predicted molar refractivity (Wildman–Crippen MR) is 69.6 cm³/mol. The molecule has 0 saturated carbocycles. The van der Waals surface area contributed by atoms with E-state index in [1.807, 2.05) is 0 Å². The van der Waals surface area contributed by atoms with Gasteiger partial charge in [0.05, 0.1) is 18.2 Å². The number of hydrogen-bond donors (Lipinski definition) is 1. The van der Waals surface area contributed by atoms with Crippen LogP contribution in [-0.2, 0) is 22.3 Å². The normalized spacial score (nSPS) is 11.6. The van der Waals surface area contributed by atoms with Gasteiger partial charge < -0.3 is 10.5 Å². The Kier molecular flexibility index (Phi) is 3.63. The molecule has 2 N–H and O–H groups in total. The van der Waals surface area contributed by atoms with Crippen LogP contribution in [0.1, 0.15) is 5.56 Å². The molecule has 0 amide bonds. The monoisotopic (exact) mass is 300 g/mol. The molecule has 21 heavy (non-hydrogen) atoms. The lowest BCUT2D eigenvalue weighted by Crippen LogP contribution is -2.27. The number of rotatable bonds is 2. The van der Waals surface area contributed by atoms with Crippen LogP contribution in [-0.4, -0.2) is 17.6 Å². The summed E-state index contributed by atoms with van der Waals surface area (Å²) in [4.78, 5) is 23.2. The quantitative estimate of drug-likeness (QED) is 0.677. The van der Waals surface area contributed by atoms with Gasteiger partial charge in [-0.15, -0.1) is 0 Å². The van der Waals surface area contributed by atoms with Gasteiger partial charge in [0.1, 0.15) is 6.54 Å². The highest BCUT2D eigenvalue weighted by molar-refractivity contribution is 5.86. The lowest BCUT2D eigenvalue weighted by atomic mass is 10.1. The van der Waals surface area contributed by atoms with E-state index in [-0.39, 0.29) is 16.6 Å². The number of nitrogens with two attached hydrogens (primary N) is 1. The molecule has 0 aliphatic rings. The van der Waals surface area contributed by atoms with Crippen molar-refractivity contribution in [1.29, 1.82) is 0 Å². The molecule has 0 saturated heterocycles. The minimum absolute atomic E-state index is 0.0692. The Morgan fingerprint density at radius 2 is 2.00 bits per heavy atom. The van der Waals surface area contributed by atoms with Crippen LogP contribution < -0.4 is 11.3 Å². The summed E-state index contributed by atoms with van der Waals surface area (Å²) in [5.74, 6) is -0.749. The number of aromatic nitrogens is 1. The zero-order chi connectivity index (χ0) is 15.8. The largest absolute Gasteiger partial charge is 0.468 e. The van der Waals surface area contributed by atoms with Gasteiger partial charge in [-0.3, -0.25) is 14.2 Å². The molecule has 5 nitrogen and oxygen atoms in total. The van der Waals surface area contributed by atoms with Gasteiger partial charge in [-0.05, 0) is 12.1 Å². The van der Waals surface area contributed by atoms with Crippen molar-refractivity contribution in [2.24, 2.45) is 0 Å². The highest BCUT2D eigenvalue weighted by atomic mass is 19.4. The first-order chi connectivity index (χ1) is 9.74. The first kappa shape index (κ1) is 14.9. The Morgan fingerprint density at radius 1 is 1.33 bits per heavy atom. The van der Waals surface area contributed by atoms with Gasteiger partial charge in [-0.1, -0.05) is 6.07 Å². The first-order valence-electron chi connectivity index (χ1n) is 5.81. The number of esters is 1. The molecule has 0 unspecified atom stereocenters. The van der Waals surface area contributed by atoms with E-state index in [0.29, 0.717) is 6.07 Å². The smallest absolute Gasteiger partial charge is 0.417 e. The van der Waals surface area contributed by atoms with Gasteiger partial charge in [0.2, 0.25) is 0 Å². The average Bonchev–Trinajstić information content (AvgIpc) is 2.40. The van der Waals surface area contributed by atoms with Crippen molar-refractivity contribution in [2.75, 3.05) is 12.8 Å². The number of anilines is 1. The summed E-state index contributed by atoms with van der Waals surface area (Å²) in [6.07, 6.45) is -4.68. The molecule has 0 radical (unpaired) electrons. The molecular formula is C13H11F3N2O3. The van der Waals surface area contributed by atoms with Crippen LogP contribution in [0.4, 0.5) is 18.9 Å². The van der Waals surface area contributed by atoms with Crippen molar-refractivity contribution in [1.82, 2.24) is 4.57 Å². The molecule has 1 heterocycles. The van der Waals surface area contributed by atoms with Crippen molar-refractivity contribution in [3.8, 4) is 0 Å². The lowest BCUT2D eigenvalue weighted by molar-refractivity contribution is -0.141. The van der Waals surface area contributed by atoms with E-state index in [1.54, 1.807) is 0 Å². The Labute approximate surface area is 116 Å². The molecule has 0 fully saturated rings. The third-order valence-electron chi connectivity index (χ3n) is 2.96. The van der Waals surface area contributed by atoms with Gasteiger partial charge >= 0.3 is 12.1 Å². The number of hydrogen-bond acceptors (Lipinski definition) is 4. The molecule has 0 spiro atoms. The van der Waals surface area contributed by atoms with Gasteiger partial charge in [0.15, 0.2) is 0 Å². The average molecular weight is 300 g/mol. The standard InChI is InChI=1S/C13H11F3N2O3/c1-21-12(20)6-18-10-4-7(17)2-3-8(10)9(5-11(18)19)13(14,15)16/h2-5H,6,17H2,1H3. The third kappa shape index (κ3) is 2.83. The summed E-state index contributed by atoms with van der Waals surface area (Å²) < 4.78 is 44.3. The molecule has 1 aromatic heterocycles. The van der Waals surface area contributed by atoms with Crippen molar-refractivity contribution in [3.63, 3.8) is 0 Å². The van der Waals surface area contributed by atoms with E-state index in [9.17, 15) is 22.8 Å². The molecular weight excluding hydrogens is 289 g/mol. The van der Waals surface area contributed by atoms with E-state index < -0.39 is 29.8 Å². The topological polar surface area (TPSA) is 74.3 Å². The second-order valence-corrected chi connectivity index (χ2v) is 4.33. The molecule has 2 rings (SSSR count). The van der Waals surface area contributed by atoms with Crippen LogP contribution in [0.15, 0.2) is 29.1 Å². The third-order valence-corrected chi connectivity index (χ3v) is 2.96. The van der Waals surface area contributed by atoms with E-state index in [2.05, 4.69) is 4.74 Å². The molecule has 112 valence electrons. The van der Waals surface area contributed by atoms with E-state index in [4.69, 9.17) is 5.73 Å². The van der Waals surface area contributed by atoms with E-state index >= 15 is 0 Å². The highest BCUT2D eigenvalue weighted by Gasteiger charge is 2.34. The summed E-state index contributed by atoms with van der Waals surface area (Å²) in [5.41, 5.74) is 3.64. The van der Waals surface area contributed by atoms with Crippen LogP contribution in [0.25, 0.3) is 10.9 Å². The number of nitrogens with zero attached hydrogens (tertiary/aromatic N) is 1. The van der Waals surface area contributed by atoms with Crippen molar-refractivity contribution >= 4 is 22.6 Å². The number of fused-ring (bicyclic) bond motifs is 1. The maximum Gasteiger partial charge on any atom is 0.417 e. The van der Waals surface area contributed by atoms with Gasteiger partial charge in [0, 0.05) is 17.1 Å². The van der Waals surface area contributed by atoms with Gasteiger partial charge in [0.25, 0.3) is 5.56 Å². The fraction of sp³-hybridized carbons (Fsp3) is 0.231. The summed E-state index contributed by atoms with van der Waals surface area (Å²) >= 11 is 0. The molecule has 0 aliphatic carbocycles. The number of halogens is 3. The molecule has 0 bridgehead atoms. The van der Waals surface area contributed by atoms with Crippen molar-refractivity contribution in [3.05, 3.63) is 40.2 Å². The molecule has 0 aliphatic heterocycles. The fourth-order valence-electron chi connectivity index (χ4n) is 1.99. The van der Waals surface area contributed by atoms with Crippen LogP contribution in [0.5, 0.6) is 0 Å². The Hall–Kier alpha value is -2.51. The number of ether oxygens (including phenoxy) is 1. The highest BCUT2D eigenvalue weighted by Crippen LogP contribution is 2.34. The summed E-state index contributed by atoms with van der Waals surface area (Å²) in [5, 5.41) is -0.208. The van der Waals surface area contributed by atoms with E-state index in [0.717, 1.165) is 11.7 Å². The Balaban J connectivity index is 2.82. The molecule has 0 atom stereocenters. The predicted octanol–water partition coefficient (Wildman–Crippen LogP) is 1.78. The number of benzene rings is 1. The summed E-state index contributed by atoms with van der Waals surface area (Å²) in [7, 11) is 1.12. The number of pyridine rings is 1. The minimum atomic E-state index is -4.68. The van der Waals surface area contributed by atoms with Crippen LogP contribution >= 0.6 is 0 Å². The van der Waals surface area contributed by atoms with Crippen LogP contribution in [0.3, 0.4) is 0 Å². The molecule has 8 heteroatoms. The van der Waals surface area contributed by atoms with Crippen LogP contribution in [0.2, 0.25) is 0 Å². The second kappa shape index (κ2) is 5.12. The minimum Gasteiger partial charge on any atom is -0.468 e.